The number of nitrogens with one attached hydrogen (secondary N) is 1. The SMILES string of the molecule is CCCC1NC2(CCCC2)C(=O)N1CC1(C)CCOCC1. The summed E-state index contributed by atoms with van der Waals surface area (Å²) in [5.74, 6) is 0.381. The first kappa shape index (κ1) is 15.3. The zero-order valence-electron chi connectivity index (χ0n) is 13.6. The molecule has 1 N–H and O–H groups in total. The van der Waals surface area contributed by atoms with Gasteiger partial charge in [0.25, 0.3) is 0 Å². The van der Waals surface area contributed by atoms with Gasteiger partial charge in [0.15, 0.2) is 0 Å². The molecule has 120 valence electrons. The second-order valence-electron chi connectivity index (χ2n) is 7.59. The van der Waals surface area contributed by atoms with Crippen LogP contribution in [0.15, 0.2) is 0 Å². The van der Waals surface area contributed by atoms with Crippen LogP contribution in [0.1, 0.15) is 65.2 Å². The van der Waals surface area contributed by atoms with E-state index in [0.717, 1.165) is 58.3 Å². The van der Waals surface area contributed by atoms with E-state index in [9.17, 15) is 4.79 Å². The van der Waals surface area contributed by atoms with Crippen LogP contribution < -0.4 is 5.32 Å². The van der Waals surface area contributed by atoms with Crippen molar-refractivity contribution >= 4 is 5.91 Å². The lowest BCUT2D eigenvalue weighted by Crippen LogP contribution is -2.46. The summed E-state index contributed by atoms with van der Waals surface area (Å²) in [4.78, 5) is 15.2. The molecule has 2 heterocycles. The summed E-state index contributed by atoms with van der Waals surface area (Å²) in [6.45, 7) is 7.12. The minimum Gasteiger partial charge on any atom is -0.381 e. The number of amides is 1. The number of carbonyl (C=O) groups is 1. The fourth-order valence-corrected chi connectivity index (χ4v) is 4.33. The van der Waals surface area contributed by atoms with Crippen LogP contribution in [0.4, 0.5) is 0 Å². The molecule has 0 bridgehead atoms. The standard InChI is InChI=1S/C17H30N2O2/c1-3-6-14-18-17(7-4-5-8-17)15(20)19(14)13-16(2)9-11-21-12-10-16/h14,18H,3-13H2,1-2H3. The van der Waals surface area contributed by atoms with Crippen LogP contribution in [0.25, 0.3) is 0 Å². The number of ether oxygens (including phenoxy) is 1. The molecule has 0 radical (unpaired) electrons. The van der Waals surface area contributed by atoms with E-state index < -0.39 is 0 Å². The smallest absolute Gasteiger partial charge is 0.244 e. The maximum absolute atomic E-state index is 13.1. The molecule has 4 heteroatoms. The van der Waals surface area contributed by atoms with Gasteiger partial charge in [-0.15, -0.1) is 0 Å². The van der Waals surface area contributed by atoms with Gasteiger partial charge in [-0.1, -0.05) is 33.1 Å². The zero-order valence-corrected chi connectivity index (χ0v) is 13.6. The van der Waals surface area contributed by atoms with E-state index in [4.69, 9.17) is 4.74 Å². The van der Waals surface area contributed by atoms with Crippen LogP contribution in [0.5, 0.6) is 0 Å². The van der Waals surface area contributed by atoms with Gasteiger partial charge in [0, 0.05) is 19.8 Å². The van der Waals surface area contributed by atoms with Crippen molar-refractivity contribution in [2.45, 2.75) is 76.9 Å². The van der Waals surface area contributed by atoms with Crippen LogP contribution in [-0.2, 0) is 9.53 Å². The fraction of sp³-hybridized carbons (Fsp3) is 0.941. The molecule has 0 aromatic heterocycles. The monoisotopic (exact) mass is 294 g/mol. The quantitative estimate of drug-likeness (QED) is 0.867. The van der Waals surface area contributed by atoms with Gasteiger partial charge in [0.1, 0.15) is 0 Å². The Morgan fingerprint density at radius 1 is 1.24 bits per heavy atom. The van der Waals surface area contributed by atoms with Gasteiger partial charge in [-0.2, -0.15) is 0 Å². The second kappa shape index (κ2) is 5.88. The summed E-state index contributed by atoms with van der Waals surface area (Å²) < 4.78 is 5.50. The number of hydrogen-bond acceptors (Lipinski definition) is 3. The second-order valence-corrected chi connectivity index (χ2v) is 7.59. The van der Waals surface area contributed by atoms with Gasteiger partial charge in [0.2, 0.25) is 5.91 Å². The molecule has 3 fully saturated rings. The normalized spacial score (nSPS) is 31.2. The Bertz CT molecular complexity index is 384. The lowest BCUT2D eigenvalue weighted by atomic mass is 9.81. The topological polar surface area (TPSA) is 41.6 Å². The number of carbonyl (C=O) groups excluding carboxylic acids is 1. The highest BCUT2D eigenvalue weighted by molar-refractivity contribution is 5.89. The van der Waals surface area contributed by atoms with Crippen LogP contribution in [0.2, 0.25) is 0 Å². The third kappa shape index (κ3) is 2.85. The van der Waals surface area contributed by atoms with Crippen molar-refractivity contribution in [3.63, 3.8) is 0 Å². The summed E-state index contributed by atoms with van der Waals surface area (Å²) in [5, 5.41) is 3.72. The van der Waals surface area contributed by atoms with E-state index in [1.807, 2.05) is 0 Å². The van der Waals surface area contributed by atoms with Crippen LogP contribution >= 0.6 is 0 Å². The van der Waals surface area contributed by atoms with E-state index in [2.05, 4.69) is 24.1 Å². The first-order valence-electron chi connectivity index (χ1n) is 8.75. The maximum Gasteiger partial charge on any atom is 0.244 e. The molecule has 3 rings (SSSR count). The summed E-state index contributed by atoms with van der Waals surface area (Å²) in [6.07, 6.45) is 9.03. The third-order valence-electron chi connectivity index (χ3n) is 5.76. The van der Waals surface area contributed by atoms with Gasteiger partial charge < -0.3 is 9.64 Å². The largest absolute Gasteiger partial charge is 0.381 e. The Morgan fingerprint density at radius 3 is 2.52 bits per heavy atom. The molecule has 1 atom stereocenters. The van der Waals surface area contributed by atoms with Gasteiger partial charge in [0.05, 0.1) is 11.7 Å². The average molecular weight is 294 g/mol. The fourth-order valence-electron chi connectivity index (χ4n) is 4.33. The highest BCUT2D eigenvalue weighted by Gasteiger charge is 2.52. The summed E-state index contributed by atoms with van der Waals surface area (Å²) in [7, 11) is 0. The lowest BCUT2D eigenvalue weighted by molar-refractivity contribution is -0.135. The van der Waals surface area contributed by atoms with E-state index in [0.29, 0.717) is 5.91 Å². The number of rotatable bonds is 4. The first-order valence-corrected chi connectivity index (χ1v) is 8.75. The molecule has 3 aliphatic rings. The average Bonchev–Trinajstić information content (AvgIpc) is 3.02. The first-order chi connectivity index (χ1) is 10.1. The molecule has 2 aliphatic heterocycles. The predicted octanol–water partition coefficient (Wildman–Crippen LogP) is 2.67. The maximum atomic E-state index is 13.1. The van der Waals surface area contributed by atoms with Crippen molar-refractivity contribution in [3.05, 3.63) is 0 Å². The van der Waals surface area contributed by atoms with Gasteiger partial charge >= 0.3 is 0 Å². The van der Waals surface area contributed by atoms with Crippen LogP contribution in [0.3, 0.4) is 0 Å². The molecule has 4 nitrogen and oxygen atoms in total. The molecule has 1 spiro atoms. The molecule has 1 amide bonds. The minimum absolute atomic E-state index is 0.221. The van der Waals surface area contributed by atoms with Crippen molar-refractivity contribution in [3.8, 4) is 0 Å². The number of hydrogen-bond donors (Lipinski definition) is 1. The Balaban J connectivity index is 1.75. The number of nitrogens with zero attached hydrogens (tertiary/aromatic N) is 1. The molecule has 1 unspecified atom stereocenters. The van der Waals surface area contributed by atoms with Crippen molar-refractivity contribution in [1.82, 2.24) is 10.2 Å². The molecule has 0 aromatic rings. The predicted molar refractivity (Wildman–Crippen MR) is 82.9 cm³/mol. The Morgan fingerprint density at radius 2 is 1.90 bits per heavy atom. The molecular weight excluding hydrogens is 264 g/mol. The van der Waals surface area contributed by atoms with Crippen molar-refractivity contribution < 1.29 is 9.53 Å². The lowest BCUT2D eigenvalue weighted by Gasteiger charge is -2.38. The minimum atomic E-state index is -0.221. The van der Waals surface area contributed by atoms with Crippen molar-refractivity contribution in [2.75, 3.05) is 19.8 Å². The molecule has 1 aliphatic carbocycles. The summed E-state index contributed by atoms with van der Waals surface area (Å²) in [5.41, 5.74) is 0.00702. The van der Waals surface area contributed by atoms with E-state index in [-0.39, 0.29) is 17.1 Å². The highest BCUT2D eigenvalue weighted by Crippen LogP contribution is 2.40. The Kier molecular flexibility index (Phi) is 4.28. The molecular formula is C17H30N2O2. The van der Waals surface area contributed by atoms with Crippen LogP contribution in [0, 0.1) is 5.41 Å². The summed E-state index contributed by atoms with van der Waals surface area (Å²) >= 11 is 0. The van der Waals surface area contributed by atoms with E-state index >= 15 is 0 Å². The van der Waals surface area contributed by atoms with E-state index in [1.54, 1.807) is 0 Å². The molecule has 0 aromatic carbocycles. The highest BCUT2D eigenvalue weighted by atomic mass is 16.5. The molecule has 1 saturated carbocycles. The van der Waals surface area contributed by atoms with Gasteiger partial charge in [-0.05, 0) is 37.5 Å². The zero-order chi connectivity index (χ0) is 14.9. The Labute approximate surface area is 128 Å². The van der Waals surface area contributed by atoms with Gasteiger partial charge in [-0.25, -0.2) is 0 Å². The Hall–Kier alpha value is -0.610. The van der Waals surface area contributed by atoms with E-state index in [1.165, 1.54) is 12.8 Å². The molecule has 2 saturated heterocycles. The van der Waals surface area contributed by atoms with Crippen molar-refractivity contribution in [2.24, 2.45) is 5.41 Å². The van der Waals surface area contributed by atoms with Gasteiger partial charge in [-0.3, -0.25) is 10.1 Å². The third-order valence-corrected chi connectivity index (χ3v) is 5.76. The molecule has 21 heavy (non-hydrogen) atoms. The summed E-state index contributed by atoms with van der Waals surface area (Å²) in [6, 6.07) is 0. The van der Waals surface area contributed by atoms with Crippen molar-refractivity contribution in [1.29, 1.82) is 0 Å². The van der Waals surface area contributed by atoms with Crippen LogP contribution in [-0.4, -0.2) is 42.3 Å².